The van der Waals surface area contributed by atoms with Gasteiger partial charge in [0.2, 0.25) is 0 Å². The van der Waals surface area contributed by atoms with Crippen LogP contribution in [0.5, 0.6) is 0 Å². The van der Waals surface area contributed by atoms with Crippen LogP contribution in [-0.4, -0.2) is 14.6 Å². The van der Waals surface area contributed by atoms with Gasteiger partial charge in [-0.2, -0.15) is 5.10 Å². The number of hydrogen-bond donors (Lipinski definition) is 0. The monoisotopic (exact) mass is 175 g/mol. The molecule has 0 aliphatic rings. The van der Waals surface area contributed by atoms with Gasteiger partial charge in [0.15, 0.2) is 0 Å². The summed E-state index contributed by atoms with van der Waals surface area (Å²) in [5.74, 6) is 0.950. The lowest BCUT2D eigenvalue weighted by molar-refractivity contribution is 0.832. The van der Waals surface area contributed by atoms with Gasteiger partial charge >= 0.3 is 0 Å². The second kappa shape index (κ2) is 2.55. The molecule has 13 heavy (non-hydrogen) atoms. The van der Waals surface area contributed by atoms with Crippen LogP contribution in [0.3, 0.4) is 0 Å². The van der Waals surface area contributed by atoms with Crippen molar-refractivity contribution in [3.63, 3.8) is 0 Å². The largest absolute Gasteiger partial charge is 0.238 e. The van der Waals surface area contributed by atoms with Crippen LogP contribution in [0.4, 0.5) is 0 Å². The number of aromatic nitrogens is 3. The van der Waals surface area contributed by atoms with Crippen molar-refractivity contribution in [1.82, 2.24) is 14.6 Å². The lowest BCUT2D eigenvalue weighted by Gasteiger charge is -2.04. The smallest absolute Gasteiger partial charge is 0.127 e. The highest BCUT2D eigenvalue weighted by atomic mass is 15.3. The van der Waals surface area contributed by atoms with Crippen LogP contribution in [0.1, 0.15) is 22.8 Å². The molecule has 2 aromatic heterocycles. The van der Waals surface area contributed by atoms with E-state index >= 15 is 0 Å². The summed E-state index contributed by atoms with van der Waals surface area (Å²) in [6.07, 6.45) is 0. The van der Waals surface area contributed by atoms with Crippen molar-refractivity contribution in [3.05, 3.63) is 28.8 Å². The molecular weight excluding hydrogens is 162 g/mol. The molecule has 2 aromatic rings. The summed E-state index contributed by atoms with van der Waals surface area (Å²) >= 11 is 0. The summed E-state index contributed by atoms with van der Waals surface area (Å²) in [5, 5.41) is 4.37. The lowest BCUT2D eigenvalue weighted by Crippen LogP contribution is -2.01. The second-order valence-electron chi connectivity index (χ2n) is 3.45. The molecule has 0 saturated heterocycles. The van der Waals surface area contributed by atoms with Gasteiger partial charge in [0.05, 0.1) is 11.2 Å². The number of fused-ring (bicyclic) bond motifs is 1. The van der Waals surface area contributed by atoms with Crippen LogP contribution in [-0.2, 0) is 0 Å². The first-order valence-electron chi connectivity index (χ1n) is 4.40. The number of rotatable bonds is 0. The van der Waals surface area contributed by atoms with Crippen LogP contribution in [0.2, 0.25) is 0 Å². The molecule has 2 rings (SSSR count). The Hall–Kier alpha value is -1.38. The highest BCUT2D eigenvalue weighted by Crippen LogP contribution is 2.15. The summed E-state index contributed by atoms with van der Waals surface area (Å²) in [6.45, 7) is 8.09. The minimum atomic E-state index is 0.950. The molecule has 0 saturated carbocycles. The Labute approximate surface area is 77.4 Å². The fraction of sp³-hybridized carbons (Fsp3) is 0.400. The third-order valence-corrected chi connectivity index (χ3v) is 2.39. The molecular formula is C10H13N3. The second-order valence-corrected chi connectivity index (χ2v) is 3.45. The average molecular weight is 175 g/mol. The Morgan fingerprint density at radius 3 is 2.54 bits per heavy atom. The summed E-state index contributed by atoms with van der Waals surface area (Å²) in [6, 6.07) is 2.09. The van der Waals surface area contributed by atoms with Crippen molar-refractivity contribution in [2.45, 2.75) is 27.7 Å². The van der Waals surface area contributed by atoms with Gasteiger partial charge in [0.1, 0.15) is 5.82 Å². The Morgan fingerprint density at radius 2 is 1.85 bits per heavy atom. The number of hydrogen-bond acceptors (Lipinski definition) is 2. The molecule has 0 bridgehead atoms. The maximum atomic E-state index is 4.42. The molecule has 2 heterocycles. The zero-order valence-corrected chi connectivity index (χ0v) is 8.42. The molecule has 3 heteroatoms. The quantitative estimate of drug-likeness (QED) is 0.612. The molecule has 0 aliphatic heterocycles. The van der Waals surface area contributed by atoms with E-state index in [1.807, 2.05) is 25.3 Å². The van der Waals surface area contributed by atoms with E-state index in [1.54, 1.807) is 0 Å². The number of aryl methyl sites for hydroxylation is 4. The fourth-order valence-electron chi connectivity index (χ4n) is 1.57. The van der Waals surface area contributed by atoms with E-state index in [1.165, 1.54) is 11.1 Å². The molecule has 0 atom stereocenters. The Balaban J connectivity index is 2.95. The number of nitrogens with zero attached hydrogens (tertiary/aromatic N) is 3. The minimum absolute atomic E-state index is 0.950. The molecule has 0 spiro atoms. The molecule has 0 fully saturated rings. The SMILES string of the molecule is Cc1cc2c(C)c(C)nc(C)n2n1. The topological polar surface area (TPSA) is 30.2 Å². The standard InChI is InChI=1S/C10H13N3/c1-6-5-10-7(2)8(3)11-9(4)13(10)12-6/h5H,1-4H3. The van der Waals surface area contributed by atoms with Gasteiger partial charge in [-0.05, 0) is 39.3 Å². The molecule has 0 aliphatic carbocycles. The van der Waals surface area contributed by atoms with Crippen LogP contribution < -0.4 is 0 Å². The maximum absolute atomic E-state index is 4.42. The maximum Gasteiger partial charge on any atom is 0.127 e. The zero-order valence-electron chi connectivity index (χ0n) is 8.42. The van der Waals surface area contributed by atoms with Crippen LogP contribution >= 0.6 is 0 Å². The molecule has 0 N–H and O–H groups in total. The van der Waals surface area contributed by atoms with E-state index in [9.17, 15) is 0 Å². The third-order valence-electron chi connectivity index (χ3n) is 2.39. The van der Waals surface area contributed by atoms with Gasteiger partial charge in [-0.1, -0.05) is 0 Å². The van der Waals surface area contributed by atoms with Crippen molar-refractivity contribution in [2.24, 2.45) is 0 Å². The minimum Gasteiger partial charge on any atom is -0.238 e. The van der Waals surface area contributed by atoms with Crippen molar-refractivity contribution in [2.75, 3.05) is 0 Å². The van der Waals surface area contributed by atoms with Crippen molar-refractivity contribution in [1.29, 1.82) is 0 Å². The Bertz CT molecular complexity index is 468. The van der Waals surface area contributed by atoms with E-state index in [-0.39, 0.29) is 0 Å². The first kappa shape index (κ1) is 8.23. The summed E-state index contributed by atoms with van der Waals surface area (Å²) in [5.41, 5.74) is 4.51. The highest BCUT2D eigenvalue weighted by Gasteiger charge is 2.06. The van der Waals surface area contributed by atoms with Gasteiger partial charge < -0.3 is 0 Å². The van der Waals surface area contributed by atoms with E-state index in [2.05, 4.69) is 23.1 Å². The molecule has 3 nitrogen and oxygen atoms in total. The van der Waals surface area contributed by atoms with Gasteiger partial charge in [-0.25, -0.2) is 9.50 Å². The molecule has 0 unspecified atom stereocenters. The predicted molar refractivity (Wildman–Crippen MR) is 51.9 cm³/mol. The summed E-state index contributed by atoms with van der Waals surface area (Å²) in [7, 11) is 0. The van der Waals surface area contributed by atoms with E-state index < -0.39 is 0 Å². The lowest BCUT2D eigenvalue weighted by atomic mass is 10.2. The highest BCUT2D eigenvalue weighted by molar-refractivity contribution is 5.56. The first-order chi connectivity index (χ1) is 6.09. The van der Waals surface area contributed by atoms with Crippen molar-refractivity contribution >= 4 is 5.52 Å². The summed E-state index contributed by atoms with van der Waals surface area (Å²) < 4.78 is 1.90. The Kier molecular flexibility index (Phi) is 1.62. The van der Waals surface area contributed by atoms with Gasteiger partial charge in [0, 0.05) is 5.69 Å². The average Bonchev–Trinajstić information content (AvgIpc) is 2.44. The molecule has 68 valence electrons. The van der Waals surface area contributed by atoms with Crippen molar-refractivity contribution < 1.29 is 0 Å². The van der Waals surface area contributed by atoms with Gasteiger partial charge in [-0.3, -0.25) is 0 Å². The van der Waals surface area contributed by atoms with E-state index in [0.29, 0.717) is 0 Å². The molecule has 0 aromatic carbocycles. The summed E-state index contributed by atoms with van der Waals surface area (Å²) in [4.78, 5) is 4.42. The zero-order chi connectivity index (χ0) is 9.59. The van der Waals surface area contributed by atoms with Gasteiger partial charge in [-0.15, -0.1) is 0 Å². The third kappa shape index (κ3) is 1.11. The van der Waals surface area contributed by atoms with Gasteiger partial charge in [0.25, 0.3) is 0 Å². The first-order valence-corrected chi connectivity index (χ1v) is 4.40. The normalized spacial score (nSPS) is 11.1. The van der Waals surface area contributed by atoms with Crippen molar-refractivity contribution in [3.8, 4) is 0 Å². The van der Waals surface area contributed by atoms with Crippen LogP contribution in [0.25, 0.3) is 5.52 Å². The Morgan fingerprint density at radius 1 is 1.15 bits per heavy atom. The fourth-order valence-corrected chi connectivity index (χ4v) is 1.57. The van der Waals surface area contributed by atoms with E-state index in [0.717, 1.165) is 17.2 Å². The molecule has 0 amide bonds. The van der Waals surface area contributed by atoms with Crippen LogP contribution in [0.15, 0.2) is 6.07 Å². The molecule has 0 radical (unpaired) electrons. The predicted octanol–water partition coefficient (Wildman–Crippen LogP) is 1.96. The van der Waals surface area contributed by atoms with Crippen LogP contribution in [0, 0.1) is 27.7 Å². The van der Waals surface area contributed by atoms with E-state index in [4.69, 9.17) is 0 Å².